The molecular weight excluding hydrogens is 288 g/mol. The minimum Gasteiger partial charge on any atom is -0.327 e. The van der Waals surface area contributed by atoms with Crippen molar-refractivity contribution < 1.29 is 4.79 Å². The summed E-state index contributed by atoms with van der Waals surface area (Å²) in [6.07, 6.45) is 1.71. The Morgan fingerprint density at radius 3 is 2.75 bits per heavy atom. The zero-order valence-electron chi connectivity index (χ0n) is 9.03. The SMILES string of the molecule is Cc1ncn(CC(=O)c2ccc(Br)s2)c1C. The lowest BCUT2D eigenvalue weighted by Crippen LogP contribution is -2.09. The third kappa shape index (κ3) is 2.25. The lowest BCUT2D eigenvalue weighted by molar-refractivity contribution is 0.0975. The molecule has 0 saturated carbocycles. The Morgan fingerprint density at radius 2 is 2.25 bits per heavy atom. The Labute approximate surface area is 106 Å². The summed E-state index contributed by atoms with van der Waals surface area (Å²) in [7, 11) is 0. The maximum Gasteiger partial charge on any atom is 0.192 e. The van der Waals surface area contributed by atoms with Crippen molar-refractivity contribution >= 4 is 33.0 Å². The van der Waals surface area contributed by atoms with Crippen LogP contribution in [0, 0.1) is 13.8 Å². The molecule has 3 nitrogen and oxygen atoms in total. The maximum absolute atomic E-state index is 11.9. The number of carbonyl (C=O) groups excluding carboxylic acids is 1. The second-order valence-corrected chi connectivity index (χ2v) is 6.03. The average molecular weight is 299 g/mol. The van der Waals surface area contributed by atoms with E-state index in [9.17, 15) is 4.79 Å². The van der Waals surface area contributed by atoms with E-state index in [4.69, 9.17) is 0 Å². The number of hydrogen-bond acceptors (Lipinski definition) is 3. The zero-order valence-corrected chi connectivity index (χ0v) is 11.4. The van der Waals surface area contributed by atoms with Crippen molar-refractivity contribution in [3.05, 3.63) is 38.5 Å². The van der Waals surface area contributed by atoms with Crippen LogP contribution < -0.4 is 0 Å². The van der Waals surface area contributed by atoms with E-state index in [0.29, 0.717) is 6.54 Å². The molecule has 2 heterocycles. The van der Waals surface area contributed by atoms with E-state index in [-0.39, 0.29) is 5.78 Å². The van der Waals surface area contributed by atoms with E-state index < -0.39 is 0 Å². The first-order chi connectivity index (χ1) is 7.58. The van der Waals surface area contributed by atoms with Crippen LogP contribution in [0.2, 0.25) is 0 Å². The molecule has 0 amide bonds. The second-order valence-electron chi connectivity index (χ2n) is 3.57. The molecule has 0 aliphatic rings. The Kier molecular flexibility index (Phi) is 3.25. The molecule has 5 heteroatoms. The first-order valence-electron chi connectivity index (χ1n) is 4.85. The number of hydrogen-bond donors (Lipinski definition) is 0. The maximum atomic E-state index is 11.9. The summed E-state index contributed by atoms with van der Waals surface area (Å²) >= 11 is 4.81. The van der Waals surface area contributed by atoms with Crippen molar-refractivity contribution in [2.24, 2.45) is 0 Å². The van der Waals surface area contributed by atoms with Gasteiger partial charge in [-0.2, -0.15) is 0 Å². The van der Waals surface area contributed by atoms with Gasteiger partial charge in [0, 0.05) is 5.69 Å². The number of rotatable bonds is 3. The second kappa shape index (κ2) is 4.51. The van der Waals surface area contributed by atoms with Crippen LogP contribution in [0.1, 0.15) is 21.1 Å². The van der Waals surface area contributed by atoms with Crippen molar-refractivity contribution in [2.45, 2.75) is 20.4 Å². The van der Waals surface area contributed by atoms with Gasteiger partial charge in [-0.25, -0.2) is 4.98 Å². The number of carbonyl (C=O) groups is 1. The molecule has 16 heavy (non-hydrogen) atoms. The van der Waals surface area contributed by atoms with Crippen LogP contribution in [0.4, 0.5) is 0 Å². The first-order valence-corrected chi connectivity index (χ1v) is 6.45. The van der Waals surface area contributed by atoms with Gasteiger partial charge in [0.05, 0.1) is 27.2 Å². The van der Waals surface area contributed by atoms with Gasteiger partial charge in [0.15, 0.2) is 5.78 Å². The van der Waals surface area contributed by atoms with Gasteiger partial charge in [0.2, 0.25) is 0 Å². The highest BCUT2D eigenvalue weighted by Crippen LogP contribution is 2.23. The Morgan fingerprint density at radius 1 is 1.50 bits per heavy atom. The van der Waals surface area contributed by atoms with Crippen molar-refractivity contribution in [3.63, 3.8) is 0 Å². The number of ketones is 1. The third-order valence-corrected chi connectivity index (χ3v) is 4.17. The standard InChI is InChI=1S/C11H11BrN2OS/c1-7-8(2)14(6-13-7)5-9(15)10-3-4-11(12)16-10/h3-4,6H,5H2,1-2H3. The molecular formula is C11H11BrN2OS. The van der Waals surface area contributed by atoms with Crippen molar-refractivity contribution in [1.29, 1.82) is 0 Å². The number of Topliss-reactive ketones (excluding diaryl/α,β-unsaturated/α-hetero) is 1. The van der Waals surface area contributed by atoms with E-state index in [0.717, 1.165) is 20.1 Å². The van der Waals surface area contributed by atoms with Crippen molar-refractivity contribution in [2.75, 3.05) is 0 Å². The van der Waals surface area contributed by atoms with Crippen LogP contribution in [0.15, 0.2) is 22.2 Å². The number of aromatic nitrogens is 2. The predicted molar refractivity (Wildman–Crippen MR) is 68.1 cm³/mol. The van der Waals surface area contributed by atoms with Crippen molar-refractivity contribution in [1.82, 2.24) is 9.55 Å². The summed E-state index contributed by atoms with van der Waals surface area (Å²) in [6.45, 7) is 4.28. The van der Waals surface area contributed by atoms with Gasteiger partial charge in [0.1, 0.15) is 0 Å². The van der Waals surface area contributed by atoms with Gasteiger partial charge < -0.3 is 4.57 Å². The molecule has 2 rings (SSSR count). The summed E-state index contributed by atoms with van der Waals surface area (Å²) < 4.78 is 2.86. The molecule has 0 atom stereocenters. The van der Waals surface area contributed by atoms with E-state index in [1.807, 2.05) is 30.5 Å². The van der Waals surface area contributed by atoms with Crippen molar-refractivity contribution in [3.8, 4) is 0 Å². The fourth-order valence-corrected chi connectivity index (χ4v) is 2.72. The summed E-state index contributed by atoms with van der Waals surface area (Å²) in [5.41, 5.74) is 2.02. The van der Waals surface area contributed by atoms with Gasteiger partial charge in [0.25, 0.3) is 0 Å². The lowest BCUT2D eigenvalue weighted by Gasteiger charge is -2.02. The van der Waals surface area contributed by atoms with Gasteiger partial charge in [-0.05, 0) is 41.9 Å². The highest BCUT2D eigenvalue weighted by molar-refractivity contribution is 9.11. The summed E-state index contributed by atoms with van der Waals surface area (Å²) in [6, 6.07) is 3.74. The van der Waals surface area contributed by atoms with Crippen LogP contribution in [-0.2, 0) is 6.54 Å². The first kappa shape index (κ1) is 11.5. The number of nitrogens with zero attached hydrogens (tertiary/aromatic N) is 2. The molecule has 0 aromatic carbocycles. The molecule has 2 aromatic heterocycles. The lowest BCUT2D eigenvalue weighted by atomic mass is 10.3. The van der Waals surface area contributed by atoms with Crippen LogP contribution >= 0.6 is 27.3 Å². The quantitative estimate of drug-likeness (QED) is 0.816. The minimum atomic E-state index is 0.121. The zero-order chi connectivity index (χ0) is 11.7. The normalized spacial score (nSPS) is 10.7. The number of halogens is 1. The highest BCUT2D eigenvalue weighted by Gasteiger charge is 2.11. The minimum absolute atomic E-state index is 0.121. The Hall–Kier alpha value is -0.940. The summed E-state index contributed by atoms with van der Waals surface area (Å²) in [5, 5.41) is 0. The molecule has 0 unspecified atom stereocenters. The molecule has 0 aliphatic carbocycles. The molecule has 0 aliphatic heterocycles. The fourth-order valence-electron chi connectivity index (χ4n) is 1.40. The van der Waals surface area contributed by atoms with Crippen LogP contribution in [0.3, 0.4) is 0 Å². The summed E-state index contributed by atoms with van der Waals surface area (Å²) in [4.78, 5) is 16.9. The molecule has 0 radical (unpaired) electrons. The Balaban J connectivity index is 2.17. The predicted octanol–water partition coefficient (Wildman–Crippen LogP) is 3.21. The topological polar surface area (TPSA) is 34.9 Å². The van der Waals surface area contributed by atoms with E-state index in [2.05, 4.69) is 20.9 Å². The fraction of sp³-hybridized carbons (Fsp3) is 0.273. The molecule has 0 fully saturated rings. The molecule has 0 bridgehead atoms. The molecule has 0 spiro atoms. The molecule has 84 valence electrons. The Bertz CT molecular complexity index is 530. The van der Waals surface area contributed by atoms with E-state index in [1.165, 1.54) is 11.3 Å². The summed E-state index contributed by atoms with van der Waals surface area (Å²) in [5.74, 6) is 0.121. The largest absolute Gasteiger partial charge is 0.327 e. The molecule has 0 N–H and O–H groups in total. The number of imidazole rings is 1. The van der Waals surface area contributed by atoms with Gasteiger partial charge in [-0.1, -0.05) is 0 Å². The monoisotopic (exact) mass is 298 g/mol. The molecule has 0 saturated heterocycles. The highest BCUT2D eigenvalue weighted by atomic mass is 79.9. The number of aryl methyl sites for hydroxylation is 1. The number of thiophene rings is 1. The van der Waals surface area contributed by atoms with Gasteiger partial charge >= 0.3 is 0 Å². The van der Waals surface area contributed by atoms with E-state index in [1.54, 1.807) is 6.33 Å². The van der Waals surface area contributed by atoms with Crippen LogP contribution in [-0.4, -0.2) is 15.3 Å². The van der Waals surface area contributed by atoms with Crippen LogP contribution in [0.25, 0.3) is 0 Å². The third-order valence-electron chi connectivity index (χ3n) is 2.51. The molecule has 2 aromatic rings. The van der Waals surface area contributed by atoms with Gasteiger partial charge in [-0.15, -0.1) is 11.3 Å². The van der Waals surface area contributed by atoms with E-state index >= 15 is 0 Å². The van der Waals surface area contributed by atoms with Gasteiger partial charge in [-0.3, -0.25) is 4.79 Å². The average Bonchev–Trinajstić information content (AvgIpc) is 2.79. The smallest absolute Gasteiger partial charge is 0.192 e. The van der Waals surface area contributed by atoms with Crippen LogP contribution in [0.5, 0.6) is 0 Å².